The van der Waals surface area contributed by atoms with Gasteiger partial charge in [0.1, 0.15) is 0 Å². The fourth-order valence-electron chi connectivity index (χ4n) is 2.01. The quantitative estimate of drug-likeness (QED) is 0.674. The molecule has 0 atom stereocenters. The number of nitrogens with two attached hydrogens (primary N) is 1. The molecule has 0 aliphatic heterocycles. The first-order valence-electron chi connectivity index (χ1n) is 5.83. The van der Waals surface area contributed by atoms with Crippen LogP contribution in [-0.2, 0) is 0 Å². The molecule has 0 aromatic heterocycles. The molecule has 0 spiro atoms. The van der Waals surface area contributed by atoms with Crippen LogP contribution in [0.25, 0.3) is 0 Å². The minimum atomic E-state index is 0.241. The molecule has 17 heavy (non-hydrogen) atoms. The van der Waals surface area contributed by atoms with Gasteiger partial charge in [-0.25, -0.2) is 0 Å². The number of hydrogen-bond donors (Lipinski definition) is 3. The number of nitriles is 1. The first-order valence-corrected chi connectivity index (χ1v) is 5.83. The number of hydrogen-bond acceptors (Lipinski definition) is 4. The molecule has 4 N–H and O–H groups in total. The summed E-state index contributed by atoms with van der Waals surface area (Å²) in [5.74, 6) is 0. The van der Waals surface area contributed by atoms with E-state index in [9.17, 15) is 0 Å². The second kappa shape index (κ2) is 4.64. The number of nitrogens with one attached hydrogen (secondary N) is 1. The van der Waals surface area contributed by atoms with E-state index in [1.807, 2.05) is 6.07 Å². The lowest BCUT2D eigenvalue weighted by molar-refractivity contribution is 0.253. The summed E-state index contributed by atoms with van der Waals surface area (Å²) in [5, 5.41) is 21.0. The predicted octanol–water partition coefficient (Wildman–Crippen LogP) is 1.71. The first kappa shape index (κ1) is 11.7. The van der Waals surface area contributed by atoms with Crippen molar-refractivity contribution in [3.05, 3.63) is 23.8 Å². The Labute approximate surface area is 101 Å². The topological polar surface area (TPSA) is 82.1 Å². The van der Waals surface area contributed by atoms with Gasteiger partial charge in [0, 0.05) is 13.2 Å². The van der Waals surface area contributed by atoms with Gasteiger partial charge in [-0.1, -0.05) is 0 Å². The monoisotopic (exact) mass is 231 g/mol. The summed E-state index contributed by atoms with van der Waals surface area (Å²) in [4.78, 5) is 0. The Morgan fingerprint density at radius 3 is 2.76 bits per heavy atom. The lowest BCUT2D eigenvalue weighted by atomic mass is 10.0. The van der Waals surface area contributed by atoms with Gasteiger partial charge in [0.15, 0.2) is 0 Å². The zero-order chi connectivity index (χ0) is 12.3. The number of nitrogen functional groups attached to an aromatic ring is 1. The van der Waals surface area contributed by atoms with Crippen LogP contribution in [-0.4, -0.2) is 18.3 Å². The Bertz CT molecular complexity index is 446. The maximum Gasteiger partial charge on any atom is 0.0992 e. The number of anilines is 2. The number of rotatable bonds is 5. The minimum absolute atomic E-state index is 0.241. The highest BCUT2D eigenvalue weighted by Gasteiger charge is 2.41. The molecule has 1 aliphatic rings. The Morgan fingerprint density at radius 2 is 2.24 bits per heavy atom. The van der Waals surface area contributed by atoms with Crippen LogP contribution in [0.1, 0.15) is 24.8 Å². The maximum absolute atomic E-state index is 8.97. The van der Waals surface area contributed by atoms with Gasteiger partial charge in [-0.3, -0.25) is 0 Å². The molecule has 1 aromatic carbocycles. The van der Waals surface area contributed by atoms with Crippen molar-refractivity contribution in [3.8, 4) is 6.07 Å². The molecule has 1 aromatic rings. The van der Waals surface area contributed by atoms with E-state index < -0.39 is 0 Å². The zero-order valence-electron chi connectivity index (χ0n) is 9.74. The highest BCUT2D eigenvalue weighted by Crippen LogP contribution is 2.48. The average molecular weight is 231 g/mol. The van der Waals surface area contributed by atoms with Crippen molar-refractivity contribution in [3.63, 3.8) is 0 Å². The normalized spacial score (nSPS) is 16.2. The molecule has 1 fully saturated rings. The van der Waals surface area contributed by atoms with Crippen molar-refractivity contribution in [2.24, 2.45) is 5.41 Å². The second-order valence-electron chi connectivity index (χ2n) is 4.74. The van der Waals surface area contributed by atoms with Crippen LogP contribution >= 0.6 is 0 Å². The smallest absolute Gasteiger partial charge is 0.0992 e. The van der Waals surface area contributed by atoms with E-state index in [1.165, 1.54) is 0 Å². The molecule has 0 amide bonds. The number of benzene rings is 1. The van der Waals surface area contributed by atoms with E-state index in [2.05, 4.69) is 11.4 Å². The molecular formula is C13H17N3O. The molecule has 0 unspecified atom stereocenters. The molecule has 2 rings (SSSR count). The Hall–Kier alpha value is -1.73. The van der Waals surface area contributed by atoms with Gasteiger partial charge in [0.2, 0.25) is 0 Å². The fourth-order valence-corrected chi connectivity index (χ4v) is 2.01. The summed E-state index contributed by atoms with van der Waals surface area (Å²) in [6, 6.07) is 7.32. The lowest BCUT2D eigenvalue weighted by Crippen LogP contribution is -2.17. The molecule has 0 heterocycles. The van der Waals surface area contributed by atoms with Crippen LogP contribution in [0.15, 0.2) is 18.2 Å². The van der Waals surface area contributed by atoms with Crippen LogP contribution in [0.2, 0.25) is 0 Å². The predicted molar refractivity (Wildman–Crippen MR) is 67.4 cm³/mol. The Kier molecular flexibility index (Phi) is 3.21. The summed E-state index contributed by atoms with van der Waals surface area (Å²) >= 11 is 0. The van der Waals surface area contributed by atoms with Crippen molar-refractivity contribution >= 4 is 11.4 Å². The Morgan fingerprint density at radius 1 is 1.47 bits per heavy atom. The number of aliphatic hydroxyl groups is 1. The highest BCUT2D eigenvalue weighted by atomic mass is 16.3. The molecule has 0 radical (unpaired) electrons. The van der Waals surface area contributed by atoms with Gasteiger partial charge in [-0.05, 0) is 42.9 Å². The molecule has 4 heteroatoms. The molecule has 90 valence electrons. The standard InChI is InChI=1S/C13H17N3O/c14-8-10-1-2-12(11(15)7-10)16-9-13(3-4-13)5-6-17/h1-2,7,16-17H,3-6,9,15H2. The molecule has 4 nitrogen and oxygen atoms in total. The van der Waals surface area contributed by atoms with E-state index in [0.29, 0.717) is 11.3 Å². The third-order valence-corrected chi connectivity index (χ3v) is 3.43. The van der Waals surface area contributed by atoms with Crippen LogP contribution in [0.5, 0.6) is 0 Å². The first-order chi connectivity index (χ1) is 8.19. The molecule has 0 bridgehead atoms. The lowest BCUT2D eigenvalue weighted by Gasteiger charge is -2.16. The van der Waals surface area contributed by atoms with Gasteiger partial charge in [-0.2, -0.15) is 5.26 Å². The van der Waals surface area contributed by atoms with E-state index in [1.54, 1.807) is 12.1 Å². The third-order valence-electron chi connectivity index (χ3n) is 3.43. The van der Waals surface area contributed by atoms with E-state index >= 15 is 0 Å². The van der Waals surface area contributed by atoms with Gasteiger partial charge >= 0.3 is 0 Å². The largest absolute Gasteiger partial charge is 0.397 e. The molecule has 1 saturated carbocycles. The maximum atomic E-state index is 8.97. The summed E-state index contributed by atoms with van der Waals surface area (Å²) in [7, 11) is 0. The fraction of sp³-hybridized carbons (Fsp3) is 0.462. The minimum Gasteiger partial charge on any atom is -0.397 e. The number of aliphatic hydroxyl groups excluding tert-OH is 1. The molecule has 0 saturated heterocycles. The SMILES string of the molecule is N#Cc1ccc(NCC2(CCO)CC2)c(N)c1. The zero-order valence-corrected chi connectivity index (χ0v) is 9.74. The second-order valence-corrected chi connectivity index (χ2v) is 4.74. The van der Waals surface area contributed by atoms with Gasteiger partial charge in [0.25, 0.3) is 0 Å². The van der Waals surface area contributed by atoms with Gasteiger partial charge in [0.05, 0.1) is 23.0 Å². The average Bonchev–Trinajstić information content (AvgIpc) is 3.08. The van der Waals surface area contributed by atoms with Crippen LogP contribution in [0.3, 0.4) is 0 Å². The van der Waals surface area contributed by atoms with Crippen LogP contribution in [0.4, 0.5) is 11.4 Å². The summed E-state index contributed by atoms with van der Waals surface area (Å²) in [6.07, 6.45) is 3.17. The molecule has 1 aliphatic carbocycles. The van der Waals surface area contributed by atoms with Crippen molar-refractivity contribution in [2.45, 2.75) is 19.3 Å². The van der Waals surface area contributed by atoms with Crippen molar-refractivity contribution in [1.29, 1.82) is 5.26 Å². The van der Waals surface area contributed by atoms with Crippen LogP contribution in [0, 0.1) is 16.7 Å². The van der Waals surface area contributed by atoms with Crippen molar-refractivity contribution in [2.75, 3.05) is 24.2 Å². The summed E-state index contributed by atoms with van der Waals surface area (Å²) in [6.45, 7) is 1.08. The van der Waals surface area contributed by atoms with Crippen molar-refractivity contribution in [1.82, 2.24) is 0 Å². The van der Waals surface area contributed by atoms with Crippen LogP contribution < -0.4 is 11.1 Å². The Balaban J connectivity index is 1.98. The van der Waals surface area contributed by atoms with E-state index in [4.69, 9.17) is 16.1 Å². The summed E-state index contributed by atoms with van der Waals surface area (Å²) in [5.41, 5.74) is 8.16. The van der Waals surface area contributed by atoms with Gasteiger partial charge < -0.3 is 16.2 Å². The summed E-state index contributed by atoms with van der Waals surface area (Å²) < 4.78 is 0. The van der Waals surface area contributed by atoms with E-state index in [0.717, 1.165) is 31.5 Å². The third kappa shape index (κ3) is 2.69. The molecular weight excluding hydrogens is 214 g/mol. The van der Waals surface area contributed by atoms with Crippen molar-refractivity contribution < 1.29 is 5.11 Å². The van der Waals surface area contributed by atoms with Gasteiger partial charge in [-0.15, -0.1) is 0 Å². The van der Waals surface area contributed by atoms with E-state index in [-0.39, 0.29) is 12.0 Å². The number of nitrogens with zero attached hydrogens (tertiary/aromatic N) is 1. The highest BCUT2D eigenvalue weighted by molar-refractivity contribution is 5.68.